The molecule has 0 radical (unpaired) electrons. The topological polar surface area (TPSA) is 116 Å². The van der Waals surface area contributed by atoms with Crippen molar-refractivity contribution in [2.24, 2.45) is 11.1 Å². The summed E-state index contributed by atoms with van der Waals surface area (Å²) in [7, 11) is -3.89. The van der Waals surface area contributed by atoms with Gasteiger partial charge in [0.25, 0.3) is 0 Å². The molecule has 0 bridgehead atoms. The van der Waals surface area contributed by atoms with Crippen molar-refractivity contribution in [3.8, 4) is 0 Å². The first kappa shape index (κ1) is 14.7. The molecule has 110 valence electrons. The Morgan fingerprint density at radius 3 is 2.80 bits per heavy atom. The molecule has 0 amide bonds. The number of anilines is 1. The number of nitro groups is 1. The molecule has 1 fully saturated rings. The summed E-state index contributed by atoms with van der Waals surface area (Å²) < 4.78 is 27.8. The molecule has 1 saturated heterocycles. The van der Waals surface area contributed by atoms with Crippen LogP contribution in [0.2, 0.25) is 0 Å². The van der Waals surface area contributed by atoms with Gasteiger partial charge in [-0.1, -0.05) is 11.1 Å². The molecular formula is C11H15N3O5S. The summed E-state index contributed by atoms with van der Waals surface area (Å²) in [6.07, 6.45) is 0.749. The van der Waals surface area contributed by atoms with E-state index in [4.69, 9.17) is 9.88 Å². The molecule has 1 atom stereocenters. The molecule has 0 saturated carbocycles. The van der Waals surface area contributed by atoms with Crippen LogP contribution in [-0.2, 0) is 14.8 Å². The largest absolute Gasteiger partial charge is 0.381 e. The lowest BCUT2D eigenvalue weighted by Crippen LogP contribution is -2.35. The van der Waals surface area contributed by atoms with Gasteiger partial charge in [-0.15, -0.1) is 0 Å². The number of sulfonamides is 1. The predicted octanol–water partition coefficient (Wildman–Crippen LogP) is 0.369. The van der Waals surface area contributed by atoms with E-state index >= 15 is 0 Å². The Morgan fingerprint density at radius 1 is 1.50 bits per heavy atom. The second-order valence-electron chi connectivity index (χ2n) is 4.59. The number of nitrogens with two attached hydrogens (primary N) is 1. The van der Waals surface area contributed by atoms with Crippen molar-refractivity contribution in [1.82, 2.24) is 0 Å². The number of hydrogen-bond donors (Lipinski definition) is 1. The lowest BCUT2D eigenvalue weighted by atomic mass is 10.1. The number of hydrazine groups is 1. The summed E-state index contributed by atoms with van der Waals surface area (Å²) in [5.41, 5.74) is 0.188. The number of benzene rings is 1. The molecule has 1 aromatic rings. The van der Waals surface area contributed by atoms with E-state index in [9.17, 15) is 18.5 Å². The molecule has 0 spiro atoms. The van der Waals surface area contributed by atoms with Crippen LogP contribution in [0.3, 0.4) is 0 Å². The summed E-state index contributed by atoms with van der Waals surface area (Å²) in [6, 6.07) is 5.41. The van der Waals surface area contributed by atoms with E-state index in [1.807, 2.05) is 0 Å². The maximum Gasteiger partial charge on any atom is 0.238 e. The zero-order valence-electron chi connectivity index (χ0n) is 10.6. The van der Waals surface area contributed by atoms with E-state index in [2.05, 4.69) is 0 Å². The summed E-state index contributed by atoms with van der Waals surface area (Å²) >= 11 is 0. The fraction of sp³-hybridized carbons (Fsp3) is 0.455. The third-order valence-electron chi connectivity index (χ3n) is 3.10. The summed E-state index contributed by atoms with van der Waals surface area (Å²) in [6.45, 7) is 1.23. The standard InChI is InChI=1S/C11H15N3O5S/c12-20(17,18)11-3-1-2-10(6-11)13(14(15)16)7-9-4-5-19-8-9/h1-3,6,9H,4-5,7-8H2,(H2,12,17,18). The number of primary sulfonamides is 1. The van der Waals surface area contributed by atoms with Gasteiger partial charge in [0, 0.05) is 12.5 Å². The number of ether oxygens (including phenoxy) is 1. The van der Waals surface area contributed by atoms with E-state index in [1.165, 1.54) is 24.3 Å². The number of hydrogen-bond acceptors (Lipinski definition) is 5. The van der Waals surface area contributed by atoms with Gasteiger partial charge < -0.3 is 4.74 Å². The Balaban J connectivity index is 2.27. The predicted molar refractivity (Wildman–Crippen MR) is 71.1 cm³/mol. The molecule has 8 nitrogen and oxygen atoms in total. The number of rotatable bonds is 5. The van der Waals surface area contributed by atoms with E-state index in [0.29, 0.717) is 13.2 Å². The molecule has 2 N–H and O–H groups in total. The summed E-state index contributed by atoms with van der Waals surface area (Å²) in [5, 5.41) is 16.6. The highest BCUT2D eigenvalue weighted by molar-refractivity contribution is 7.89. The van der Waals surface area contributed by atoms with Gasteiger partial charge in [-0.2, -0.15) is 0 Å². The molecule has 0 aromatic heterocycles. The zero-order valence-corrected chi connectivity index (χ0v) is 11.5. The van der Waals surface area contributed by atoms with Crippen molar-refractivity contribution in [2.45, 2.75) is 11.3 Å². The monoisotopic (exact) mass is 301 g/mol. The Kier molecular flexibility index (Phi) is 4.21. The van der Waals surface area contributed by atoms with Crippen LogP contribution in [0.1, 0.15) is 6.42 Å². The first-order valence-electron chi connectivity index (χ1n) is 6.00. The second-order valence-corrected chi connectivity index (χ2v) is 6.15. The smallest absolute Gasteiger partial charge is 0.238 e. The van der Waals surface area contributed by atoms with Crippen molar-refractivity contribution < 1.29 is 18.2 Å². The molecule has 1 heterocycles. The Hall–Kier alpha value is -1.71. The maximum absolute atomic E-state index is 11.3. The molecule has 1 aliphatic heterocycles. The van der Waals surface area contributed by atoms with E-state index in [1.54, 1.807) is 0 Å². The van der Waals surface area contributed by atoms with Crippen molar-refractivity contribution in [1.29, 1.82) is 0 Å². The Morgan fingerprint density at radius 2 is 2.25 bits per heavy atom. The lowest BCUT2D eigenvalue weighted by molar-refractivity contribution is -0.495. The molecule has 0 aliphatic carbocycles. The molecule has 1 aliphatic rings. The van der Waals surface area contributed by atoms with Crippen molar-refractivity contribution >= 4 is 15.7 Å². The minimum absolute atomic E-state index is 0.0542. The highest BCUT2D eigenvalue weighted by atomic mass is 32.2. The normalized spacial score (nSPS) is 18.9. The van der Waals surface area contributed by atoms with E-state index in [-0.39, 0.29) is 23.0 Å². The minimum Gasteiger partial charge on any atom is -0.381 e. The highest BCUT2D eigenvalue weighted by Crippen LogP contribution is 2.22. The first-order chi connectivity index (χ1) is 9.38. The third-order valence-corrected chi connectivity index (χ3v) is 4.01. The minimum atomic E-state index is -3.89. The van der Waals surface area contributed by atoms with E-state index < -0.39 is 15.1 Å². The van der Waals surface area contributed by atoms with Crippen LogP contribution in [0.4, 0.5) is 5.69 Å². The fourth-order valence-electron chi connectivity index (χ4n) is 2.06. The van der Waals surface area contributed by atoms with Crippen LogP contribution in [0.5, 0.6) is 0 Å². The van der Waals surface area contributed by atoms with Crippen LogP contribution in [0.25, 0.3) is 0 Å². The lowest BCUT2D eigenvalue weighted by Gasteiger charge is -2.17. The molecule has 20 heavy (non-hydrogen) atoms. The van der Waals surface area contributed by atoms with Crippen LogP contribution in [0, 0.1) is 16.0 Å². The fourth-order valence-corrected chi connectivity index (χ4v) is 2.61. The van der Waals surface area contributed by atoms with E-state index in [0.717, 1.165) is 11.4 Å². The van der Waals surface area contributed by atoms with Gasteiger partial charge in [0.05, 0.1) is 18.0 Å². The van der Waals surface area contributed by atoms with Crippen LogP contribution in [-0.4, -0.2) is 33.2 Å². The van der Waals surface area contributed by atoms with Gasteiger partial charge in [0.2, 0.25) is 10.0 Å². The molecular weight excluding hydrogens is 286 g/mol. The van der Waals surface area contributed by atoms with Gasteiger partial charge in [-0.3, -0.25) is 0 Å². The second kappa shape index (κ2) is 5.73. The Labute approximate surface area is 116 Å². The zero-order chi connectivity index (χ0) is 14.8. The average Bonchev–Trinajstić information content (AvgIpc) is 2.87. The summed E-state index contributed by atoms with van der Waals surface area (Å²) in [5.74, 6) is 0.0542. The van der Waals surface area contributed by atoms with Crippen molar-refractivity contribution in [2.75, 3.05) is 24.8 Å². The van der Waals surface area contributed by atoms with Gasteiger partial charge in [0.1, 0.15) is 5.69 Å². The quantitative estimate of drug-likeness (QED) is 0.620. The van der Waals surface area contributed by atoms with Crippen molar-refractivity contribution in [3.63, 3.8) is 0 Å². The molecule has 1 aromatic carbocycles. The van der Waals surface area contributed by atoms with Gasteiger partial charge in [0.15, 0.2) is 5.03 Å². The first-order valence-corrected chi connectivity index (χ1v) is 7.55. The highest BCUT2D eigenvalue weighted by Gasteiger charge is 2.26. The SMILES string of the molecule is NS(=O)(=O)c1cccc(N(CC2CCOC2)[N+](=O)[O-])c1. The maximum atomic E-state index is 11.3. The Bertz CT molecular complexity index is 598. The van der Waals surface area contributed by atoms with Gasteiger partial charge in [-0.25, -0.2) is 23.7 Å². The molecule has 1 unspecified atom stereocenters. The van der Waals surface area contributed by atoms with Crippen molar-refractivity contribution in [3.05, 3.63) is 34.4 Å². The van der Waals surface area contributed by atoms with Crippen LogP contribution >= 0.6 is 0 Å². The summed E-state index contributed by atoms with van der Waals surface area (Å²) in [4.78, 5) is 11.0. The van der Waals surface area contributed by atoms with Crippen LogP contribution < -0.4 is 10.1 Å². The molecule has 2 rings (SSSR count). The van der Waals surface area contributed by atoms with Crippen LogP contribution in [0.15, 0.2) is 29.2 Å². The third kappa shape index (κ3) is 3.44. The molecule has 9 heteroatoms. The van der Waals surface area contributed by atoms with Gasteiger partial charge in [-0.05, 0) is 24.6 Å². The number of nitrogens with zero attached hydrogens (tertiary/aromatic N) is 2. The average molecular weight is 301 g/mol. The van der Waals surface area contributed by atoms with Gasteiger partial charge >= 0.3 is 0 Å².